The van der Waals surface area contributed by atoms with Gasteiger partial charge >= 0.3 is 0 Å². The van der Waals surface area contributed by atoms with Crippen molar-refractivity contribution in [1.82, 2.24) is 15.3 Å². The smallest absolute Gasteiger partial charge is 0.221 e. The number of nitrogens with two attached hydrogens (primary N) is 1. The molecule has 0 atom stereocenters. The number of hydrogen-bond donors (Lipinski definition) is 3. The highest BCUT2D eigenvalue weighted by atomic mass is 16.5. The molecule has 0 aromatic carbocycles. The third kappa shape index (κ3) is 6.33. The number of nitrogens with zero attached hydrogens (tertiary/aromatic N) is 2. The summed E-state index contributed by atoms with van der Waals surface area (Å²) >= 11 is 0. The van der Waals surface area contributed by atoms with Crippen LogP contribution in [0.25, 0.3) is 0 Å². The van der Waals surface area contributed by atoms with Crippen molar-refractivity contribution in [3.63, 3.8) is 0 Å². The van der Waals surface area contributed by atoms with Gasteiger partial charge in [-0.15, -0.1) is 0 Å². The van der Waals surface area contributed by atoms with Gasteiger partial charge in [-0.2, -0.15) is 0 Å². The van der Waals surface area contributed by atoms with Gasteiger partial charge in [-0.3, -0.25) is 4.79 Å². The highest BCUT2D eigenvalue weighted by molar-refractivity contribution is 5.76. The van der Waals surface area contributed by atoms with Crippen LogP contribution in [0.1, 0.15) is 25.6 Å². The molecule has 0 unspecified atom stereocenters. The van der Waals surface area contributed by atoms with Crippen LogP contribution < -0.4 is 16.4 Å². The number of carbonyl (C=O) groups excluding carboxylic acids is 1. The van der Waals surface area contributed by atoms with E-state index in [1.165, 1.54) is 0 Å². The van der Waals surface area contributed by atoms with Crippen LogP contribution in [0, 0.1) is 0 Å². The summed E-state index contributed by atoms with van der Waals surface area (Å²) in [6, 6.07) is 1.67. The van der Waals surface area contributed by atoms with Crippen LogP contribution in [0.15, 0.2) is 6.07 Å². The molecule has 4 N–H and O–H groups in total. The minimum absolute atomic E-state index is 0.0228. The molecule has 0 saturated carbocycles. The molecule has 1 heterocycles. The largest absolute Gasteiger partial charge is 0.384 e. The SMILES string of the molecule is CCCc1nc(N)cc(NCCC(=O)NCCOC)n1. The standard InChI is InChI=1S/C13H23N5O2/c1-3-4-11-17-10(14)9-12(18-11)15-6-5-13(19)16-7-8-20-2/h9H,3-8H2,1-2H3,(H,16,19)(H3,14,15,17,18). The number of nitrogens with one attached hydrogen (secondary N) is 2. The van der Waals surface area contributed by atoms with Crippen LogP contribution in [-0.2, 0) is 16.0 Å². The zero-order valence-electron chi connectivity index (χ0n) is 12.1. The fourth-order valence-electron chi connectivity index (χ4n) is 1.63. The predicted octanol–water partition coefficient (Wildman–Crippen LogP) is 0.576. The fourth-order valence-corrected chi connectivity index (χ4v) is 1.63. The van der Waals surface area contributed by atoms with Crippen LogP contribution >= 0.6 is 0 Å². The van der Waals surface area contributed by atoms with Crippen LogP contribution in [0.2, 0.25) is 0 Å². The third-order valence-corrected chi connectivity index (χ3v) is 2.55. The molecular weight excluding hydrogens is 258 g/mol. The number of ether oxygens (including phenoxy) is 1. The Labute approximate surface area is 119 Å². The van der Waals surface area contributed by atoms with Gasteiger partial charge in [0.15, 0.2) is 0 Å². The Morgan fingerprint density at radius 1 is 1.40 bits per heavy atom. The van der Waals surface area contributed by atoms with Crippen molar-refractivity contribution in [2.45, 2.75) is 26.2 Å². The molecule has 0 fully saturated rings. The van der Waals surface area contributed by atoms with Crippen LogP contribution in [0.4, 0.5) is 11.6 Å². The maximum atomic E-state index is 11.5. The second-order valence-electron chi connectivity index (χ2n) is 4.36. The van der Waals surface area contributed by atoms with Gasteiger partial charge in [0.25, 0.3) is 0 Å². The monoisotopic (exact) mass is 281 g/mol. The molecular formula is C13H23N5O2. The van der Waals surface area contributed by atoms with Crippen LogP contribution in [-0.4, -0.2) is 42.7 Å². The minimum Gasteiger partial charge on any atom is -0.384 e. The molecule has 7 heteroatoms. The second kappa shape index (κ2) is 9.08. The lowest BCUT2D eigenvalue weighted by atomic mass is 10.3. The van der Waals surface area contributed by atoms with Crippen molar-refractivity contribution in [2.75, 3.05) is 37.9 Å². The molecule has 0 bridgehead atoms. The molecule has 112 valence electrons. The highest BCUT2D eigenvalue weighted by Crippen LogP contribution is 2.09. The number of rotatable bonds is 9. The van der Waals surface area contributed by atoms with E-state index >= 15 is 0 Å². The summed E-state index contributed by atoms with van der Waals surface area (Å²) in [6.45, 7) is 3.60. The Morgan fingerprint density at radius 3 is 2.90 bits per heavy atom. The Balaban J connectivity index is 2.36. The molecule has 0 saturated heterocycles. The Kier molecular flexibility index (Phi) is 7.34. The van der Waals surface area contributed by atoms with E-state index in [4.69, 9.17) is 10.5 Å². The van der Waals surface area contributed by atoms with Crippen molar-refractivity contribution in [2.24, 2.45) is 0 Å². The number of aryl methyl sites for hydroxylation is 1. The summed E-state index contributed by atoms with van der Waals surface area (Å²) < 4.78 is 4.85. The first-order valence-electron chi connectivity index (χ1n) is 6.78. The maximum absolute atomic E-state index is 11.5. The van der Waals surface area contributed by atoms with Crippen molar-refractivity contribution in [3.8, 4) is 0 Å². The van der Waals surface area contributed by atoms with E-state index in [0.29, 0.717) is 37.8 Å². The van der Waals surface area contributed by atoms with E-state index in [1.807, 2.05) is 0 Å². The number of methoxy groups -OCH3 is 1. The van der Waals surface area contributed by atoms with Gasteiger partial charge in [-0.25, -0.2) is 9.97 Å². The zero-order chi connectivity index (χ0) is 14.8. The first kappa shape index (κ1) is 16.2. The van der Waals surface area contributed by atoms with Gasteiger partial charge in [0.05, 0.1) is 6.61 Å². The van der Waals surface area contributed by atoms with Crippen molar-refractivity contribution in [1.29, 1.82) is 0 Å². The number of hydrogen-bond acceptors (Lipinski definition) is 6. The molecule has 1 rings (SSSR count). The number of anilines is 2. The maximum Gasteiger partial charge on any atom is 0.221 e. The predicted molar refractivity (Wildman–Crippen MR) is 78.4 cm³/mol. The van der Waals surface area contributed by atoms with E-state index in [2.05, 4.69) is 27.5 Å². The molecule has 1 aromatic heterocycles. The lowest BCUT2D eigenvalue weighted by Gasteiger charge is -2.08. The summed E-state index contributed by atoms with van der Waals surface area (Å²) in [4.78, 5) is 20.0. The molecule has 0 radical (unpaired) electrons. The zero-order valence-corrected chi connectivity index (χ0v) is 12.1. The first-order valence-corrected chi connectivity index (χ1v) is 6.78. The average molecular weight is 281 g/mol. The molecule has 0 aliphatic rings. The average Bonchev–Trinajstić information content (AvgIpc) is 2.39. The lowest BCUT2D eigenvalue weighted by molar-refractivity contribution is -0.121. The second-order valence-corrected chi connectivity index (χ2v) is 4.36. The van der Waals surface area contributed by atoms with Gasteiger partial charge in [-0.05, 0) is 6.42 Å². The quantitative estimate of drug-likeness (QED) is 0.572. The number of carbonyl (C=O) groups is 1. The number of amides is 1. The number of aromatic nitrogens is 2. The van der Waals surface area contributed by atoms with E-state index in [1.54, 1.807) is 13.2 Å². The van der Waals surface area contributed by atoms with E-state index < -0.39 is 0 Å². The number of nitrogen functional groups attached to an aromatic ring is 1. The van der Waals surface area contributed by atoms with Gasteiger partial charge in [0.1, 0.15) is 17.5 Å². The summed E-state index contributed by atoms with van der Waals surface area (Å²) in [5.41, 5.74) is 5.72. The van der Waals surface area contributed by atoms with Gasteiger partial charge in [-0.1, -0.05) is 6.92 Å². The molecule has 0 aliphatic heterocycles. The Bertz CT molecular complexity index is 425. The Hall–Kier alpha value is -1.89. The third-order valence-electron chi connectivity index (χ3n) is 2.55. The molecule has 7 nitrogen and oxygen atoms in total. The van der Waals surface area contributed by atoms with Gasteiger partial charge < -0.3 is 21.1 Å². The summed E-state index contributed by atoms with van der Waals surface area (Å²) in [6.07, 6.45) is 2.12. The van der Waals surface area contributed by atoms with Crippen molar-refractivity contribution in [3.05, 3.63) is 11.9 Å². The molecule has 0 spiro atoms. The summed E-state index contributed by atoms with van der Waals surface area (Å²) in [5, 5.41) is 5.83. The Morgan fingerprint density at radius 2 is 2.20 bits per heavy atom. The highest BCUT2D eigenvalue weighted by Gasteiger charge is 2.04. The fraction of sp³-hybridized carbons (Fsp3) is 0.615. The van der Waals surface area contributed by atoms with Crippen molar-refractivity contribution < 1.29 is 9.53 Å². The molecule has 20 heavy (non-hydrogen) atoms. The van der Waals surface area contributed by atoms with Crippen LogP contribution in [0.3, 0.4) is 0 Å². The van der Waals surface area contributed by atoms with E-state index in [-0.39, 0.29) is 5.91 Å². The van der Waals surface area contributed by atoms with Crippen LogP contribution in [0.5, 0.6) is 0 Å². The lowest BCUT2D eigenvalue weighted by Crippen LogP contribution is -2.28. The normalized spacial score (nSPS) is 10.3. The van der Waals surface area contributed by atoms with E-state index in [9.17, 15) is 4.79 Å². The van der Waals surface area contributed by atoms with Gasteiger partial charge in [0, 0.05) is 39.1 Å². The summed E-state index contributed by atoms with van der Waals surface area (Å²) in [7, 11) is 1.60. The van der Waals surface area contributed by atoms with E-state index in [0.717, 1.165) is 18.7 Å². The van der Waals surface area contributed by atoms with Crippen molar-refractivity contribution >= 4 is 17.5 Å². The topological polar surface area (TPSA) is 102 Å². The first-order chi connectivity index (χ1) is 9.65. The summed E-state index contributed by atoms with van der Waals surface area (Å²) in [5.74, 6) is 1.80. The molecule has 0 aliphatic carbocycles. The van der Waals surface area contributed by atoms with Gasteiger partial charge in [0.2, 0.25) is 5.91 Å². The molecule has 1 aromatic rings. The molecule has 1 amide bonds. The minimum atomic E-state index is -0.0228.